The number of para-hydroxylation sites is 1. The Hall–Kier alpha value is -3.13. The van der Waals surface area contributed by atoms with Crippen molar-refractivity contribution in [1.82, 2.24) is 0 Å². The Balaban J connectivity index is 2.02. The lowest BCUT2D eigenvalue weighted by molar-refractivity contribution is -0.113. The molecule has 0 spiro atoms. The van der Waals surface area contributed by atoms with Crippen LogP contribution in [0.3, 0.4) is 0 Å². The molecule has 0 N–H and O–H groups in total. The number of fused-ring (bicyclic) bond motifs is 1. The van der Waals surface area contributed by atoms with E-state index in [1.807, 2.05) is 12.1 Å². The molecular weight excluding hydrogens is 366 g/mol. The highest BCUT2D eigenvalue weighted by Crippen LogP contribution is 2.53. The van der Waals surface area contributed by atoms with Crippen LogP contribution in [-0.2, 0) is 11.3 Å². The van der Waals surface area contributed by atoms with Crippen LogP contribution in [0.15, 0.2) is 90.6 Å². The molecule has 1 heterocycles. The molecule has 30 heavy (non-hydrogen) atoms. The molecule has 4 rings (SSSR count). The Morgan fingerprint density at radius 1 is 0.833 bits per heavy atom. The predicted molar refractivity (Wildman–Crippen MR) is 125 cm³/mol. The van der Waals surface area contributed by atoms with Gasteiger partial charge in [0.25, 0.3) is 0 Å². The third-order valence-corrected chi connectivity index (χ3v) is 5.82. The summed E-state index contributed by atoms with van der Waals surface area (Å²) in [6.07, 6.45) is 0. The van der Waals surface area contributed by atoms with Crippen molar-refractivity contribution in [2.45, 2.75) is 40.2 Å². The lowest BCUT2D eigenvalue weighted by Crippen LogP contribution is -2.36. The molecule has 0 saturated carbocycles. The van der Waals surface area contributed by atoms with Crippen LogP contribution in [0, 0.1) is 5.41 Å². The van der Waals surface area contributed by atoms with Gasteiger partial charge in [-0.1, -0.05) is 99.6 Å². The van der Waals surface area contributed by atoms with Gasteiger partial charge in [0.15, 0.2) is 5.78 Å². The molecule has 2 heteroatoms. The molecule has 3 aromatic rings. The second kappa shape index (κ2) is 7.95. The third-order valence-electron chi connectivity index (χ3n) is 5.82. The van der Waals surface area contributed by atoms with Gasteiger partial charge in [-0.3, -0.25) is 4.79 Å². The average molecular weight is 396 g/mol. The number of nitrogens with zero attached hydrogens (tertiary/aromatic N) is 1. The second-order valence-electron chi connectivity index (χ2n) is 9.11. The first kappa shape index (κ1) is 20.2. The van der Waals surface area contributed by atoms with Gasteiger partial charge in [-0.2, -0.15) is 0 Å². The van der Waals surface area contributed by atoms with Crippen LogP contribution in [0.4, 0.5) is 5.69 Å². The molecule has 0 amide bonds. The number of Topliss-reactive ketones (excluding diaryl/α,β-unsaturated/α-hetero) is 1. The van der Waals surface area contributed by atoms with Crippen molar-refractivity contribution in [3.05, 3.63) is 107 Å². The highest BCUT2D eigenvalue weighted by Gasteiger charge is 2.40. The van der Waals surface area contributed by atoms with Crippen LogP contribution < -0.4 is 4.90 Å². The summed E-state index contributed by atoms with van der Waals surface area (Å²) in [5.41, 5.74) is 6.62. The van der Waals surface area contributed by atoms with Gasteiger partial charge in [0.1, 0.15) is 0 Å². The lowest BCUT2D eigenvalue weighted by Gasteiger charge is -2.44. The normalized spacial score (nSPS) is 16.4. The summed E-state index contributed by atoms with van der Waals surface area (Å²) in [6, 6.07) is 29.4. The van der Waals surface area contributed by atoms with Crippen LogP contribution in [0.25, 0.3) is 5.57 Å². The summed E-state index contributed by atoms with van der Waals surface area (Å²) in [5.74, 6) is 0.232. The van der Waals surface area contributed by atoms with Crippen LogP contribution in [-0.4, -0.2) is 5.78 Å². The zero-order valence-corrected chi connectivity index (χ0v) is 18.2. The summed E-state index contributed by atoms with van der Waals surface area (Å²) < 4.78 is 0. The molecule has 2 nitrogen and oxygen atoms in total. The van der Waals surface area contributed by atoms with Gasteiger partial charge in [0, 0.05) is 25.1 Å². The number of ketones is 1. The fraction of sp³-hybridized carbons (Fsp3) is 0.250. The maximum absolute atomic E-state index is 13.2. The molecule has 3 aromatic carbocycles. The number of allylic oxidation sites excluding steroid dienone is 2. The average Bonchev–Trinajstić information content (AvgIpc) is 2.73. The molecule has 152 valence electrons. The molecule has 0 aliphatic carbocycles. The highest BCUT2D eigenvalue weighted by atomic mass is 16.1. The summed E-state index contributed by atoms with van der Waals surface area (Å²) in [4.78, 5) is 15.4. The van der Waals surface area contributed by atoms with E-state index in [1.54, 1.807) is 6.92 Å². The number of rotatable bonds is 4. The van der Waals surface area contributed by atoms with E-state index in [0.717, 1.165) is 22.5 Å². The topological polar surface area (TPSA) is 20.3 Å². The standard InChI is InChI=1S/C28H29NO/c1-20(30)27-25(22-15-9-6-10-16-22)26(28(2,3)4)23-17-11-12-18-24(23)29(27)19-21-13-7-5-8-14-21/h5-18,26H,19H2,1-4H3. The van der Waals surface area contributed by atoms with Crippen LogP contribution in [0.5, 0.6) is 0 Å². The minimum Gasteiger partial charge on any atom is -0.334 e. The molecular formula is C28H29NO. The molecule has 0 saturated heterocycles. The summed E-state index contributed by atoms with van der Waals surface area (Å²) in [7, 11) is 0. The number of carbonyl (C=O) groups excluding carboxylic acids is 1. The van der Waals surface area contributed by atoms with E-state index in [4.69, 9.17) is 0 Å². The van der Waals surface area contributed by atoms with Crippen LogP contribution in [0.2, 0.25) is 0 Å². The Kier molecular flexibility index (Phi) is 5.34. The van der Waals surface area contributed by atoms with Crippen molar-refractivity contribution >= 4 is 17.0 Å². The fourth-order valence-corrected chi connectivity index (χ4v) is 4.67. The smallest absolute Gasteiger partial charge is 0.176 e. The molecule has 0 aromatic heterocycles. The number of carbonyl (C=O) groups is 1. The minimum absolute atomic E-state index is 0.0409. The number of hydrogen-bond donors (Lipinski definition) is 0. The van der Waals surface area contributed by atoms with E-state index >= 15 is 0 Å². The Labute approximate surface area is 179 Å². The SMILES string of the molecule is CC(=O)C1=C(c2ccccc2)C(C(C)(C)C)c2ccccc2N1Cc1ccccc1. The second-order valence-corrected chi connectivity index (χ2v) is 9.11. The van der Waals surface area contributed by atoms with Gasteiger partial charge in [-0.25, -0.2) is 0 Å². The van der Waals surface area contributed by atoms with Crippen LogP contribution in [0.1, 0.15) is 50.3 Å². The maximum atomic E-state index is 13.2. The van der Waals surface area contributed by atoms with E-state index in [1.165, 1.54) is 11.1 Å². The number of hydrogen-bond acceptors (Lipinski definition) is 2. The minimum atomic E-state index is -0.0409. The first-order valence-corrected chi connectivity index (χ1v) is 10.6. The number of anilines is 1. The maximum Gasteiger partial charge on any atom is 0.176 e. The quantitative estimate of drug-likeness (QED) is 0.482. The van der Waals surface area contributed by atoms with E-state index in [9.17, 15) is 4.79 Å². The van der Waals surface area contributed by atoms with E-state index in [-0.39, 0.29) is 17.1 Å². The first-order chi connectivity index (χ1) is 14.4. The van der Waals surface area contributed by atoms with Crippen molar-refractivity contribution in [2.24, 2.45) is 5.41 Å². The van der Waals surface area contributed by atoms with Crippen LogP contribution >= 0.6 is 0 Å². The van der Waals surface area contributed by atoms with Gasteiger partial charge in [0.05, 0.1) is 5.70 Å². The molecule has 0 fully saturated rings. The lowest BCUT2D eigenvalue weighted by atomic mass is 9.67. The van der Waals surface area contributed by atoms with Crippen molar-refractivity contribution in [3.8, 4) is 0 Å². The Bertz CT molecular complexity index is 1070. The molecule has 0 bridgehead atoms. The summed E-state index contributed by atoms with van der Waals surface area (Å²) in [5, 5.41) is 0. The molecule has 1 atom stereocenters. The van der Waals surface area contributed by atoms with Crippen molar-refractivity contribution < 1.29 is 4.79 Å². The molecule has 1 aliphatic heterocycles. The molecule has 1 unspecified atom stereocenters. The third kappa shape index (κ3) is 3.70. The van der Waals surface area contributed by atoms with Gasteiger partial charge >= 0.3 is 0 Å². The van der Waals surface area contributed by atoms with Gasteiger partial charge in [-0.05, 0) is 33.7 Å². The summed E-state index contributed by atoms with van der Waals surface area (Å²) in [6.45, 7) is 9.16. The van der Waals surface area contributed by atoms with E-state index in [2.05, 4.69) is 98.5 Å². The fourth-order valence-electron chi connectivity index (χ4n) is 4.67. The Morgan fingerprint density at radius 3 is 2.00 bits per heavy atom. The van der Waals surface area contributed by atoms with Crippen molar-refractivity contribution in [2.75, 3.05) is 4.90 Å². The van der Waals surface area contributed by atoms with E-state index in [0.29, 0.717) is 6.54 Å². The zero-order valence-electron chi connectivity index (χ0n) is 18.2. The summed E-state index contributed by atoms with van der Waals surface area (Å²) >= 11 is 0. The number of benzene rings is 3. The molecule has 1 aliphatic rings. The molecule has 0 radical (unpaired) electrons. The van der Waals surface area contributed by atoms with Gasteiger partial charge in [0.2, 0.25) is 0 Å². The predicted octanol–water partition coefficient (Wildman–Crippen LogP) is 6.84. The van der Waals surface area contributed by atoms with E-state index < -0.39 is 0 Å². The Morgan fingerprint density at radius 2 is 1.40 bits per heavy atom. The largest absolute Gasteiger partial charge is 0.334 e. The monoisotopic (exact) mass is 395 g/mol. The first-order valence-electron chi connectivity index (χ1n) is 10.6. The zero-order chi connectivity index (χ0) is 21.3. The highest BCUT2D eigenvalue weighted by molar-refractivity contribution is 6.07. The van der Waals surface area contributed by atoms with Crippen molar-refractivity contribution in [1.29, 1.82) is 0 Å². The van der Waals surface area contributed by atoms with Gasteiger partial charge in [-0.15, -0.1) is 0 Å². The van der Waals surface area contributed by atoms with Crippen molar-refractivity contribution in [3.63, 3.8) is 0 Å². The van der Waals surface area contributed by atoms with Gasteiger partial charge < -0.3 is 4.90 Å².